The molecular formula is C22H22F2N2O3. The number of ether oxygens (including phenoxy) is 1. The molecule has 1 aliphatic rings. The zero-order valence-electron chi connectivity index (χ0n) is 15.9. The Morgan fingerprint density at radius 1 is 1.21 bits per heavy atom. The molecule has 7 heteroatoms. The number of piperidine rings is 1. The average molecular weight is 400 g/mol. The summed E-state index contributed by atoms with van der Waals surface area (Å²) in [5.74, 6) is -1.47. The van der Waals surface area contributed by atoms with E-state index in [0.29, 0.717) is 43.8 Å². The van der Waals surface area contributed by atoms with Crippen LogP contribution in [0.3, 0.4) is 0 Å². The number of aliphatic hydroxyl groups excluding tert-OH is 1. The van der Waals surface area contributed by atoms with Crippen molar-refractivity contribution in [2.24, 2.45) is 5.92 Å². The molecule has 2 aromatic rings. The van der Waals surface area contributed by atoms with Gasteiger partial charge in [0.05, 0.1) is 17.2 Å². The summed E-state index contributed by atoms with van der Waals surface area (Å²) in [5.41, 5.74) is 0.341. The number of nitriles is 1. The van der Waals surface area contributed by atoms with E-state index in [4.69, 9.17) is 10.00 Å². The van der Waals surface area contributed by atoms with Crippen LogP contribution in [0.4, 0.5) is 8.78 Å². The summed E-state index contributed by atoms with van der Waals surface area (Å²) < 4.78 is 32.7. The normalized spacial score (nSPS) is 16.2. The highest BCUT2D eigenvalue weighted by Gasteiger charge is 2.28. The molecule has 152 valence electrons. The van der Waals surface area contributed by atoms with Crippen molar-refractivity contribution in [1.82, 2.24) is 4.90 Å². The van der Waals surface area contributed by atoms with E-state index in [1.165, 1.54) is 0 Å². The van der Waals surface area contributed by atoms with Crippen LogP contribution in [0.15, 0.2) is 42.5 Å². The number of ketones is 1. The number of rotatable bonds is 7. The van der Waals surface area contributed by atoms with E-state index in [1.807, 2.05) is 11.0 Å². The van der Waals surface area contributed by atoms with Crippen LogP contribution < -0.4 is 4.74 Å². The van der Waals surface area contributed by atoms with Crippen LogP contribution in [-0.4, -0.2) is 48.1 Å². The first-order valence-corrected chi connectivity index (χ1v) is 9.49. The third kappa shape index (κ3) is 5.59. The van der Waals surface area contributed by atoms with Gasteiger partial charge in [0, 0.05) is 12.5 Å². The lowest BCUT2D eigenvalue weighted by molar-refractivity contribution is 0.0523. The summed E-state index contributed by atoms with van der Waals surface area (Å²) in [6.45, 7) is 1.67. The molecule has 0 spiro atoms. The Bertz CT molecular complexity index is 888. The third-order valence-corrected chi connectivity index (χ3v) is 5.05. The Morgan fingerprint density at radius 2 is 1.90 bits per heavy atom. The maximum Gasteiger partial charge on any atom is 0.169 e. The van der Waals surface area contributed by atoms with Crippen LogP contribution in [0.25, 0.3) is 0 Å². The van der Waals surface area contributed by atoms with Crippen molar-refractivity contribution in [2.75, 3.05) is 26.2 Å². The lowest BCUT2D eigenvalue weighted by Gasteiger charge is -2.32. The average Bonchev–Trinajstić information content (AvgIpc) is 2.74. The number of aliphatic hydroxyl groups is 1. The van der Waals surface area contributed by atoms with Gasteiger partial charge >= 0.3 is 0 Å². The molecule has 0 aliphatic carbocycles. The zero-order chi connectivity index (χ0) is 20.8. The third-order valence-electron chi connectivity index (χ3n) is 5.05. The fourth-order valence-electron chi connectivity index (χ4n) is 3.45. The molecule has 1 saturated heterocycles. The summed E-state index contributed by atoms with van der Waals surface area (Å²) in [6.07, 6.45) is 0.342. The van der Waals surface area contributed by atoms with Crippen LogP contribution >= 0.6 is 0 Å². The Labute approximate surface area is 168 Å². The Morgan fingerprint density at radius 3 is 2.55 bits per heavy atom. The van der Waals surface area contributed by atoms with Gasteiger partial charge in [-0.25, -0.2) is 8.78 Å². The van der Waals surface area contributed by atoms with Gasteiger partial charge in [0.1, 0.15) is 30.1 Å². The lowest BCUT2D eigenvalue weighted by Crippen LogP contribution is -2.42. The Balaban J connectivity index is 1.44. The molecule has 1 N–H and O–H groups in total. The minimum absolute atomic E-state index is 0.110. The largest absolute Gasteiger partial charge is 0.491 e. The van der Waals surface area contributed by atoms with E-state index in [1.54, 1.807) is 24.3 Å². The van der Waals surface area contributed by atoms with Gasteiger partial charge in [0.2, 0.25) is 0 Å². The molecule has 1 fully saturated rings. The van der Waals surface area contributed by atoms with Crippen molar-refractivity contribution >= 4 is 5.78 Å². The Kier molecular flexibility index (Phi) is 6.91. The molecule has 0 radical (unpaired) electrons. The van der Waals surface area contributed by atoms with E-state index >= 15 is 0 Å². The first-order chi connectivity index (χ1) is 14.0. The van der Waals surface area contributed by atoms with E-state index in [9.17, 15) is 18.7 Å². The van der Waals surface area contributed by atoms with Gasteiger partial charge in [-0.05, 0) is 68.4 Å². The number of benzene rings is 2. The van der Waals surface area contributed by atoms with Crippen molar-refractivity contribution in [1.29, 1.82) is 5.26 Å². The second-order valence-corrected chi connectivity index (χ2v) is 7.16. The molecule has 0 amide bonds. The predicted molar refractivity (Wildman–Crippen MR) is 103 cm³/mol. The standard InChI is InChI=1S/C22H22F2N2O3/c23-17-3-6-21(24)20(11-17)22(28)16-7-9-26(10-8-16)13-18(27)14-29-19-4-1-15(12-25)2-5-19/h1-6,11,16,18,27H,7-10,13-14H2. The summed E-state index contributed by atoms with van der Waals surface area (Å²) in [5, 5.41) is 19.0. The second-order valence-electron chi connectivity index (χ2n) is 7.16. The molecular weight excluding hydrogens is 378 g/mol. The highest BCUT2D eigenvalue weighted by molar-refractivity contribution is 5.98. The van der Waals surface area contributed by atoms with Gasteiger partial charge in [-0.2, -0.15) is 5.26 Å². The van der Waals surface area contributed by atoms with Crippen LogP contribution in [-0.2, 0) is 0 Å². The van der Waals surface area contributed by atoms with Gasteiger partial charge in [-0.3, -0.25) is 4.79 Å². The first-order valence-electron chi connectivity index (χ1n) is 9.49. The van der Waals surface area contributed by atoms with Crippen LogP contribution in [0.2, 0.25) is 0 Å². The molecule has 0 saturated carbocycles. The molecule has 1 heterocycles. The molecule has 1 unspecified atom stereocenters. The molecule has 1 atom stereocenters. The molecule has 0 aromatic heterocycles. The lowest BCUT2D eigenvalue weighted by atomic mass is 9.88. The van der Waals surface area contributed by atoms with E-state index in [2.05, 4.69) is 0 Å². The van der Waals surface area contributed by atoms with Gasteiger partial charge in [-0.15, -0.1) is 0 Å². The highest BCUT2D eigenvalue weighted by Crippen LogP contribution is 2.24. The van der Waals surface area contributed by atoms with Crippen molar-refractivity contribution in [3.63, 3.8) is 0 Å². The topological polar surface area (TPSA) is 73.6 Å². The van der Waals surface area contributed by atoms with Crippen LogP contribution in [0.1, 0.15) is 28.8 Å². The zero-order valence-corrected chi connectivity index (χ0v) is 15.9. The monoisotopic (exact) mass is 400 g/mol. The Hall–Kier alpha value is -2.82. The van der Waals surface area contributed by atoms with Gasteiger partial charge in [-0.1, -0.05) is 0 Å². The fraction of sp³-hybridized carbons (Fsp3) is 0.364. The van der Waals surface area contributed by atoms with E-state index in [0.717, 1.165) is 18.2 Å². The molecule has 3 rings (SSSR count). The smallest absolute Gasteiger partial charge is 0.169 e. The quantitative estimate of drug-likeness (QED) is 0.723. The number of Topliss-reactive ketones (excluding diaryl/α,β-unsaturated/α-hetero) is 1. The SMILES string of the molecule is N#Cc1ccc(OCC(O)CN2CCC(C(=O)c3cc(F)ccc3F)CC2)cc1. The number of carbonyl (C=O) groups is 1. The van der Waals surface area contributed by atoms with Crippen LogP contribution in [0.5, 0.6) is 5.75 Å². The van der Waals surface area contributed by atoms with Crippen LogP contribution in [0, 0.1) is 28.9 Å². The molecule has 29 heavy (non-hydrogen) atoms. The number of hydrogen-bond donors (Lipinski definition) is 1. The van der Waals surface area contributed by atoms with E-state index in [-0.39, 0.29) is 23.9 Å². The van der Waals surface area contributed by atoms with Crippen molar-refractivity contribution in [3.8, 4) is 11.8 Å². The minimum Gasteiger partial charge on any atom is -0.491 e. The molecule has 0 bridgehead atoms. The predicted octanol–water partition coefficient (Wildman–Crippen LogP) is 3.17. The summed E-state index contributed by atoms with van der Waals surface area (Å²) >= 11 is 0. The summed E-state index contributed by atoms with van der Waals surface area (Å²) in [7, 11) is 0. The van der Waals surface area contributed by atoms with Crippen molar-refractivity contribution in [3.05, 3.63) is 65.2 Å². The van der Waals surface area contributed by atoms with Crippen molar-refractivity contribution < 1.29 is 23.4 Å². The number of carbonyl (C=O) groups excluding carboxylic acids is 1. The highest BCUT2D eigenvalue weighted by atomic mass is 19.1. The number of nitrogens with zero attached hydrogens (tertiary/aromatic N) is 2. The first kappa shape index (κ1) is 20.9. The minimum atomic E-state index is -0.710. The second kappa shape index (κ2) is 9.59. The van der Waals surface area contributed by atoms with Gasteiger partial charge in [0.15, 0.2) is 5.78 Å². The summed E-state index contributed by atoms with van der Waals surface area (Å²) in [6, 6.07) is 11.6. The summed E-state index contributed by atoms with van der Waals surface area (Å²) in [4.78, 5) is 14.5. The number of likely N-dealkylation sites (tertiary alicyclic amines) is 1. The van der Waals surface area contributed by atoms with E-state index < -0.39 is 17.7 Å². The van der Waals surface area contributed by atoms with Gasteiger partial charge in [0.25, 0.3) is 0 Å². The fourth-order valence-corrected chi connectivity index (χ4v) is 3.45. The number of hydrogen-bond acceptors (Lipinski definition) is 5. The number of β-amino-alcohol motifs (C(OH)–C–C–N with tert-alkyl or cyclic N) is 1. The molecule has 1 aliphatic heterocycles. The molecule has 5 nitrogen and oxygen atoms in total. The maximum atomic E-state index is 13.8. The maximum absolute atomic E-state index is 13.8. The van der Waals surface area contributed by atoms with Crippen molar-refractivity contribution in [2.45, 2.75) is 18.9 Å². The van der Waals surface area contributed by atoms with Gasteiger partial charge < -0.3 is 14.7 Å². The molecule has 2 aromatic carbocycles. The number of halogens is 2.